The molecule has 106 valence electrons. The molecule has 0 aromatic heterocycles. The van der Waals surface area contributed by atoms with Crippen molar-refractivity contribution >= 4 is 33.1 Å². The second kappa shape index (κ2) is 6.75. The number of rotatable bonds is 7. The van der Waals surface area contributed by atoms with Gasteiger partial charge in [-0.25, -0.2) is 4.39 Å². The van der Waals surface area contributed by atoms with Crippen molar-refractivity contribution in [1.82, 2.24) is 4.72 Å². The minimum absolute atomic E-state index is 0.103. The van der Waals surface area contributed by atoms with Gasteiger partial charge in [0.2, 0.25) is 0 Å². The van der Waals surface area contributed by atoms with E-state index >= 15 is 0 Å². The summed E-state index contributed by atoms with van der Waals surface area (Å²) in [6.07, 6.45) is 0. The van der Waals surface area contributed by atoms with Gasteiger partial charge in [-0.3, -0.25) is 4.72 Å². The van der Waals surface area contributed by atoms with Crippen LogP contribution in [0.4, 0.5) is 10.1 Å². The molecular formula is C10H14FN3O3S2. The van der Waals surface area contributed by atoms with Crippen LogP contribution in [0, 0.1) is 5.82 Å². The zero-order valence-corrected chi connectivity index (χ0v) is 11.8. The molecule has 1 aromatic rings. The van der Waals surface area contributed by atoms with E-state index in [9.17, 15) is 12.8 Å². The summed E-state index contributed by atoms with van der Waals surface area (Å²) in [4.78, 5) is -0.103. The summed E-state index contributed by atoms with van der Waals surface area (Å²) in [7, 11) is -2.34. The zero-order valence-electron chi connectivity index (χ0n) is 10.1. The van der Waals surface area contributed by atoms with E-state index in [4.69, 9.17) is 22.7 Å². The number of benzene rings is 1. The van der Waals surface area contributed by atoms with Crippen molar-refractivity contribution < 1.29 is 17.5 Å². The van der Waals surface area contributed by atoms with Crippen LogP contribution in [0.15, 0.2) is 18.2 Å². The molecule has 0 aliphatic heterocycles. The number of hydrogen-bond acceptors (Lipinski definition) is 4. The Labute approximate surface area is 116 Å². The maximum Gasteiger partial charge on any atom is 0.299 e. The van der Waals surface area contributed by atoms with Crippen LogP contribution in [-0.4, -0.2) is 33.7 Å². The average molecular weight is 307 g/mol. The molecule has 4 N–H and O–H groups in total. The van der Waals surface area contributed by atoms with Gasteiger partial charge < -0.3 is 10.5 Å². The normalized spacial score (nSPS) is 11.3. The van der Waals surface area contributed by atoms with E-state index in [0.29, 0.717) is 0 Å². The first-order chi connectivity index (χ1) is 8.85. The molecule has 0 saturated heterocycles. The van der Waals surface area contributed by atoms with Gasteiger partial charge >= 0.3 is 0 Å². The summed E-state index contributed by atoms with van der Waals surface area (Å²) in [6, 6.07) is 3.42. The van der Waals surface area contributed by atoms with Gasteiger partial charge in [0, 0.05) is 19.2 Å². The lowest BCUT2D eigenvalue weighted by Gasteiger charge is -2.12. The molecule has 6 nitrogen and oxygen atoms in total. The largest absolute Gasteiger partial charge is 0.389 e. The monoisotopic (exact) mass is 307 g/mol. The molecule has 0 aliphatic rings. The van der Waals surface area contributed by atoms with E-state index in [1.807, 2.05) is 0 Å². The van der Waals surface area contributed by atoms with Crippen LogP contribution < -0.4 is 15.2 Å². The molecule has 0 spiro atoms. The molecular weight excluding hydrogens is 293 g/mol. The van der Waals surface area contributed by atoms with Crippen LogP contribution in [0.1, 0.15) is 5.56 Å². The van der Waals surface area contributed by atoms with Gasteiger partial charge in [-0.1, -0.05) is 12.2 Å². The summed E-state index contributed by atoms with van der Waals surface area (Å²) in [6.45, 7) is 0.335. The van der Waals surface area contributed by atoms with Gasteiger partial charge in [0.05, 0.1) is 12.3 Å². The van der Waals surface area contributed by atoms with Gasteiger partial charge in [-0.2, -0.15) is 13.1 Å². The Morgan fingerprint density at radius 3 is 2.79 bits per heavy atom. The summed E-state index contributed by atoms with van der Waals surface area (Å²) in [5.74, 6) is -0.557. The molecule has 19 heavy (non-hydrogen) atoms. The predicted octanol–water partition coefficient (Wildman–Crippen LogP) is 0.353. The van der Waals surface area contributed by atoms with E-state index in [1.54, 1.807) is 0 Å². The Bertz CT molecular complexity index is 563. The number of nitrogens with one attached hydrogen (secondary N) is 2. The number of thiocarbonyl (C=S) groups is 1. The topological polar surface area (TPSA) is 93.4 Å². The van der Waals surface area contributed by atoms with Crippen LogP contribution in [0.3, 0.4) is 0 Å². The predicted molar refractivity (Wildman–Crippen MR) is 74.7 cm³/mol. The van der Waals surface area contributed by atoms with Gasteiger partial charge in [0.1, 0.15) is 10.8 Å². The standard InChI is InChI=1S/C10H14FN3O3S2/c1-17-5-4-13-19(15,16)14-9-3-2-7(11)6-8(9)10(12)18/h2-3,6,13-14H,4-5H2,1H3,(H2,12,18). The Morgan fingerprint density at radius 2 is 2.21 bits per heavy atom. The van der Waals surface area contributed by atoms with Gasteiger partial charge in [0.25, 0.3) is 10.2 Å². The molecule has 1 rings (SSSR count). The van der Waals surface area contributed by atoms with Gasteiger partial charge in [-0.05, 0) is 18.2 Å². The van der Waals surface area contributed by atoms with E-state index in [0.717, 1.165) is 12.1 Å². The van der Waals surface area contributed by atoms with Crippen LogP contribution in [-0.2, 0) is 14.9 Å². The number of methoxy groups -OCH3 is 1. The van der Waals surface area contributed by atoms with Crippen molar-refractivity contribution in [3.05, 3.63) is 29.6 Å². The lowest BCUT2D eigenvalue weighted by molar-refractivity contribution is 0.204. The first-order valence-corrected chi connectivity index (χ1v) is 7.10. The number of ether oxygens (including phenoxy) is 1. The Kier molecular flexibility index (Phi) is 5.60. The summed E-state index contributed by atoms with van der Waals surface area (Å²) in [5, 5.41) is 0. The summed E-state index contributed by atoms with van der Waals surface area (Å²) < 4.78 is 45.6. The molecule has 0 amide bonds. The second-order valence-electron chi connectivity index (χ2n) is 3.55. The van der Waals surface area contributed by atoms with Crippen molar-refractivity contribution in [2.24, 2.45) is 5.73 Å². The smallest absolute Gasteiger partial charge is 0.299 e. The van der Waals surface area contributed by atoms with Crippen molar-refractivity contribution in [2.75, 3.05) is 25.0 Å². The molecule has 0 unspecified atom stereocenters. The molecule has 0 heterocycles. The fourth-order valence-electron chi connectivity index (χ4n) is 1.27. The minimum atomic E-state index is -3.79. The Morgan fingerprint density at radius 1 is 1.53 bits per heavy atom. The number of halogens is 1. The van der Waals surface area contributed by atoms with Gasteiger partial charge in [-0.15, -0.1) is 0 Å². The maximum absolute atomic E-state index is 13.1. The molecule has 0 aliphatic carbocycles. The molecule has 0 fully saturated rings. The third-order valence-electron chi connectivity index (χ3n) is 2.09. The van der Waals surface area contributed by atoms with Crippen molar-refractivity contribution in [3.8, 4) is 0 Å². The molecule has 0 atom stereocenters. The highest BCUT2D eigenvalue weighted by molar-refractivity contribution is 7.90. The Balaban J connectivity index is 2.90. The number of nitrogens with two attached hydrogens (primary N) is 1. The fraction of sp³-hybridized carbons (Fsp3) is 0.300. The zero-order chi connectivity index (χ0) is 14.5. The first-order valence-electron chi connectivity index (χ1n) is 5.21. The van der Waals surface area contributed by atoms with Gasteiger partial charge in [0.15, 0.2) is 0 Å². The van der Waals surface area contributed by atoms with Crippen LogP contribution in [0.5, 0.6) is 0 Å². The fourth-order valence-corrected chi connectivity index (χ4v) is 2.33. The highest BCUT2D eigenvalue weighted by atomic mass is 32.2. The highest BCUT2D eigenvalue weighted by Gasteiger charge is 2.14. The maximum atomic E-state index is 13.1. The molecule has 0 saturated carbocycles. The lowest BCUT2D eigenvalue weighted by Crippen LogP contribution is -2.33. The van der Waals surface area contributed by atoms with Crippen LogP contribution in [0.2, 0.25) is 0 Å². The number of hydrogen-bond donors (Lipinski definition) is 3. The van der Waals surface area contributed by atoms with E-state index < -0.39 is 16.0 Å². The number of anilines is 1. The summed E-state index contributed by atoms with van der Waals surface area (Å²) >= 11 is 4.74. The van der Waals surface area contributed by atoms with Crippen molar-refractivity contribution in [3.63, 3.8) is 0 Å². The SMILES string of the molecule is COCCNS(=O)(=O)Nc1ccc(F)cc1C(N)=S. The quantitative estimate of drug-likeness (QED) is 0.499. The van der Waals surface area contributed by atoms with Crippen LogP contribution >= 0.6 is 12.2 Å². The molecule has 0 bridgehead atoms. The molecule has 9 heteroatoms. The first kappa shape index (κ1) is 15.8. The average Bonchev–Trinajstić information content (AvgIpc) is 2.31. The van der Waals surface area contributed by atoms with E-state index in [2.05, 4.69) is 9.44 Å². The Hall–Kier alpha value is -1.29. The third kappa shape index (κ3) is 5.07. The van der Waals surface area contributed by atoms with E-state index in [1.165, 1.54) is 13.2 Å². The lowest BCUT2D eigenvalue weighted by atomic mass is 10.2. The molecule has 1 aromatic carbocycles. The minimum Gasteiger partial charge on any atom is -0.389 e. The second-order valence-corrected chi connectivity index (χ2v) is 5.49. The summed E-state index contributed by atoms with van der Waals surface area (Å²) in [5.41, 5.74) is 5.64. The highest BCUT2D eigenvalue weighted by Crippen LogP contribution is 2.17. The van der Waals surface area contributed by atoms with E-state index in [-0.39, 0.29) is 29.4 Å². The van der Waals surface area contributed by atoms with Crippen molar-refractivity contribution in [2.45, 2.75) is 0 Å². The third-order valence-corrected chi connectivity index (χ3v) is 3.38. The van der Waals surface area contributed by atoms with Crippen LogP contribution in [0.25, 0.3) is 0 Å². The molecule has 0 radical (unpaired) electrons. The van der Waals surface area contributed by atoms with Crippen molar-refractivity contribution in [1.29, 1.82) is 0 Å².